The molecule has 4 heterocycles. The van der Waals surface area contributed by atoms with E-state index in [9.17, 15) is 9.59 Å². The monoisotopic (exact) mass is 546 g/mol. The highest BCUT2D eigenvalue weighted by Gasteiger charge is 2.25. The lowest BCUT2D eigenvalue weighted by molar-refractivity contribution is 0.509. The molecule has 0 fully saturated rings. The van der Waals surface area contributed by atoms with Crippen LogP contribution in [0.25, 0.3) is 20.4 Å². The van der Waals surface area contributed by atoms with Crippen molar-refractivity contribution in [2.45, 2.75) is 62.9 Å². The fraction of sp³-hybridized carbons (Fsp3) is 0.357. The second-order valence-corrected chi connectivity index (χ2v) is 13.3. The molecule has 7 rings (SSSR count). The minimum Gasteiger partial charge on any atom is -0.309 e. The summed E-state index contributed by atoms with van der Waals surface area (Å²) in [5.41, 5.74) is 3.44. The van der Waals surface area contributed by atoms with Crippen molar-refractivity contribution in [3.8, 4) is 0 Å². The highest BCUT2D eigenvalue weighted by molar-refractivity contribution is 7.98. The van der Waals surface area contributed by atoms with Gasteiger partial charge in [-0.1, -0.05) is 49.0 Å². The summed E-state index contributed by atoms with van der Waals surface area (Å²) in [5.74, 6) is 1.72. The summed E-state index contributed by atoms with van der Waals surface area (Å²) in [6, 6.07) is 10.0. The summed E-state index contributed by atoms with van der Waals surface area (Å²) in [6.07, 6.45) is 6.20. The van der Waals surface area contributed by atoms with Gasteiger partial charge in [0, 0.05) is 9.75 Å². The number of H-pyrrole nitrogens is 1. The molecule has 1 atom stereocenters. The smallest absolute Gasteiger partial charge is 0.263 e. The third-order valence-corrected chi connectivity index (χ3v) is 10.8. The molecule has 1 aromatic carbocycles. The second kappa shape index (κ2) is 9.22. The van der Waals surface area contributed by atoms with E-state index in [2.05, 4.69) is 11.9 Å². The van der Waals surface area contributed by atoms with Gasteiger partial charge < -0.3 is 4.98 Å². The van der Waals surface area contributed by atoms with E-state index in [0.717, 1.165) is 64.5 Å². The molecule has 0 bridgehead atoms. The van der Waals surface area contributed by atoms with Gasteiger partial charge in [-0.15, -0.1) is 22.7 Å². The number of hydrogen-bond donors (Lipinski definition) is 1. The number of thiophene rings is 2. The molecule has 5 aromatic rings. The molecule has 2 aliphatic carbocycles. The fourth-order valence-corrected chi connectivity index (χ4v) is 9.24. The minimum absolute atomic E-state index is 0.0349. The molecule has 188 valence electrons. The molecule has 0 aliphatic heterocycles. The van der Waals surface area contributed by atoms with E-state index in [0.29, 0.717) is 29.2 Å². The first kappa shape index (κ1) is 23.4. The predicted octanol–water partition coefficient (Wildman–Crippen LogP) is 5.71. The molecule has 0 spiro atoms. The number of nitrogens with zero attached hydrogens (tertiary/aromatic N) is 3. The average molecular weight is 547 g/mol. The van der Waals surface area contributed by atoms with Crippen LogP contribution in [0, 0.1) is 5.92 Å². The van der Waals surface area contributed by atoms with Crippen LogP contribution in [0.4, 0.5) is 0 Å². The maximum atomic E-state index is 13.8. The molecule has 9 heteroatoms. The Labute approximate surface area is 225 Å². The lowest BCUT2D eigenvalue weighted by atomic mass is 9.89. The topological polar surface area (TPSA) is 80.6 Å². The predicted molar refractivity (Wildman–Crippen MR) is 152 cm³/mol. The first-order chi connectivity index (χ1) is 18.0. The van der Waals surface area contributed by atoms with Crippen LogP contribution in [0.1, 0.15) is 52.0 Å². The number of hydrogen-bond acceptors (Lipinski definition) is 7. The van der Waals surface area contributed by atoms with Crippen molar-refractivity contribution in [3.63, 3.8) is 0 Å². The zero-order valence-electron chi connectivity index (χ0n) is 20.5. The number of aromatic nitrogens is 4. The SMILES string of the molecule is C[C@@H]1CCc2c(sc3nc(CSc4nc5sc6c(c5c(=O)n4Cc4ccccc4)CCC6)[nH]c(=O)c23)C1. The van der Waals surface area contributed by atoms with E-state index in [1.54, 1.807) is 27.2 Å². The lowest BCUT2D eigenvalue weighted by Crippen LogP contribution is -2.24. The Morgan fingerprint density at radius 3 is 2.65 bits per heavy atom. The van der Waals surface area contributed by atoms with Crippen LogP contribution in [-0.2, 0) is 38.0 Å². The van der Waals surface area contributed by atoms with E-state index in [-0.39, 0.29) is 11.1 Å². The Kier molecular flexibility index (Phi) is 5.82. The molecule has 37 heavy (non-hydrogen) atoms. The highest BCUT2D eigenvalue weighted by Crippen LogP contribution is 2.37. The zero-order valence-corrected chi connectivity index (χ0v) is 23.0. The molecular formula is C28H26N4O2S3. The maximum Gasteiger partial charge on any atom is 0.263 e. The van der Waals surface area contributed by atoms with Crippen LogP contribution < -0.4 is 11.1 Å². The van der Waals surface area contributed by atoms with Gasteiger partial charge in [-0.25, -0.2) is 9.97 Å². The van der Waals surface area contributed by atoms with Gasteiger partial charge in [-0.05, 0) is 61.1 Å². The lowest BCUT2D eigenvalue weighted by Gasteiger charge is -2.17. The summed E-state index contributed by atoms with van der Waals surface area (Å²) in [5, 5.41) is 2.24. The Bertz CT molecular complexity index is 1780. The van der Waals surface area contributed by atoms with Crippen LogP contribution in [-0.4, -0.2) is 19.5 Å². The van der Waals surface area contributed by atoms with Crippen LogP contribution in [0.5, 0.6) is 0 Å². The summed E-state index contributed by atoms with van der Waals surface area (Å²) in [7, 11) is 0. The molecule has 4 aromatic heterocycles. The number of aromatic amines is 1. The number of thioether (sulfide) groups is 1. The molecular weight excluding hydrogens is 521 g/mol. The number of nitrogens with one attached hydrogen (secondary N) is 1. The number of aryl methyl sites for hydroxylation is 3. The largest absolute Gasteiger partial charge is 0.309 e. The number of rotatable bonds is 5. The van der Waals surface area contributed by atoms with Crippen LogP contribution >= 0.6 is 34.4 Å². The summed E-state index contributed by atoms with van der Waals surface area (Å²) < 4.78 is 1.80. The molecule has 0 unspecified atom stereocenters. The van der Waals surface area contributed by atoms with Gasteiger partial charge in [-0.2, -0.15) is 0 Å². The Balaban J connectivity index is 1.27. The van der Waals surface area contributed by atoms with Crippen molar-refractivity contribution in [2.75, 3.05) is 0 Å². The first-order valence-electron chi connectivity index (χ1n) is 12.8. The van der Waals surface area contributed by atoms with E-state index in [1.807, 2.05) is 30.3 Å². The van der Waals surface area contributed by atoms with E-state index in [4.69, 9.17) is 9.97 Å². The van der Waals surface area contributed by atoms with Gasteiger partial charge >= 0.3 is 0 Å². The third-order valence-electron chi connectivity index (χ3n) is 7.53. The van der Waals surface area contributed by atoms with E-state index >= 15 is 0 Å². The van der Waals surface area contributed by atoms with E-state index in [1.165, 1.54) is 32.6 Å². The Morgan fingerprint density at radius 2 is 1.78 bits per heavy atom. The van der Waals surface area contributed by atoms with Gasteiger partial charge in [0.25, 0.3) is 11.1 Å². The van der Waals surface area contributed by atoms with Crippen LogP contribution in [0.2, 0.25) is 0 Å². The molecule has 2 aliphatic rings. The van der Waals surface area contributed by atoms with Crippen molar-refractivity contribution < 1.29 is 0 Å². The highest BCUT2D eigenvalue weighted by atomic mass is 32.2. The molecule has 0 saturated carbocycles. The average Bonchev–Trinajstić information content (AvgIpc) is 3.57. The van der Waals surface area contributed by atoms with Crippen molar-refractivity contribution in [1.29, 1.82) is 0 Å². The quantitative estimate of drug-likeness (QED) is 0.226. The Hall–Kier alpha value is -2.75. The van der Waals surface area contributed by atoms with Crippen LogP contribution in [0.3, 0.4) is 0 Å². The van der Waals surface area contributed by atoms with Gasteiger partial charge in [0.15, 0.2) is 5.16 Å². The fourth-order valence-electron chi connectivity index (χ4n) is 5.67. The normalized spacial score (nSPS) is 16.9. The first-order valence-corrected chi connectivity index (χ1v) is 15.4. The van der Waals surface area contributed by atoms with Gasteiger partial charge in [0.1, 0.15) is 15.5 Å². The molecule has 6 nitrogen and oxygen atoms in total. The second-order valence-electron chi connectivity index (χ2n) is 10.1. The van der Waals surface area contributed by atoms with Crippen molar-refractivity contribution in [3.05, 3.63) is 83.3 Å². The minimum atomic E-state index is -0.0487. The Morgan fingerprint density at radius 1 is 1.00 bits per heavy atom. The molecule has 1 N–H and O–H groups in total. The van der Waals surface area contributed by atoms with Gasteiger partial charge in [0.2, 0.25) is 0 Å². The van der Waals surface area contributed by atoms with Gasteiger partial charge in [0.05, 0.1) is 23.1 Å². The standard InChI is InChI=1S/C28H26N4O2S3/c1-15-10-11-18-20(12-15)37-25-22(18)24(33)29-21(30-25)14-35-28-31-26-23(17-8-5-9-19(17)36-26)27(34)32(28)13-16-6-3-2-4-7-16/h2-4,6-7,15H,5,8-14H2,1H3,(H,29,30,33)/t15-/m1/s1. The third kappa shape index (κ3) is 4.08. The summed E-state index contributed by atoms with van der Waals surface area (Å²) in [6.45, 7) is 2.74. The van der Waals surface area contributed by atoms with Crippen LogP contribution in [0.15, 0.2) is 45.1 Å². The van der Waals surface area contributed by atoms with Crippen molar-refractivity contribution in [1.82, 2.24) is 19.5 Å². The molecule has 0 radical (unpaired) electrons. The number of benzene rings is 1. The maximum absolute atomic E-state index is 13.8. The molecule has 0 amide bonds. The molecule has 0 saturated heterocycles. The summed E-state index contributed by atoms with van der Waals surface area (Å²) in [4.78, 5) is 44.0. The summed E-state index contributed by atoms with van der Waals surface area (Å²) >= 11 is 4.80. The van der Waals surface area contributed by atoms with Crippen molar-refractivity contribution in [2.24, 2.45) is 5.92 Å². The van der Waals surface area contributed by atoms with Crippen molar-refractivity contribution >= 4 is 54.9 Å². The number of fused-ring (bicyclic) bond motifs is 6. The van der Waals surface area contributed by atoms with Gasteiger partial charge in [-0.3, -0.25) is 14.2 Å². The zero-order chi connectivity index (χ0) is 25.1. The van der Waals surface area contributed by atoms with E-state index < -0.39 is 0 Å².